The van der Waals surface area contributed by atoms with E-state index >= 15 is 0 Å². The van der Waals surface area contributed by atoms with E-state index in [-0.39, 0.29) is 19.0 Å². The molecule has 0 aliphatic carbocycles. The van der Waals surface area contributed by atoms with Crippen molar-refractivity contribution in [3.05, 3.63) is 35.4 Å². The van der Waals surface area contributed by atoms with Gasteiger partial charge >= 0.3 is 6.18 Å². The molecule has 1 N–H and O–H groups in total. The minimum atomic E-state index is -4.67. The van der Waals surface area contributed by atoms with Crippen LogP contribution in [0.25, 0.3) is 0 Å². The molecule has 1 heterocycles. The summed E-state index contributed by atoms with van der Waals surface area (Å²) in [6, 6.07) is 6.79. The van der Waals surface area contributed by atoms with E-state index in [1.54, 1.807) is 24.3 Å². The van der Waals surface area contributed by atoms with E-state index in [9.17, 15) is 23.1 Å². The number of methoxy groups -OCH3 is 1. The third-order valence-electron chi connectivity index (χ3n) is 3.89. The minimum absolute atomic E-state index is 0.122. The van der Waals surface area contributed by atoms with Gasteiger partial charge in [0.15, 0.2) is 5.60 Å². The Morgan fingerprint density at radius 3 is 2.55 bits per heavy atom. The molecular formula is C15H18F3NO3. The van der Waals surface area contributed by atoms with E-state index in [2.05, 4.69) is 0 Å². The number of hydrogen-bond acceptors (Lipinski definition) is 3. The number of halogens is 3. The second-order valence-corrected chi connectivity index (χ2v) is 5.45. The third kappa shape index (κ3) is 3.41. The monoisotopic (exact) mass is 317 g/mol. The zero-order valence-electron chi connectivity index (χ0n) is 12.2. The molecule has 0 atom stereocenters. The van der Waals surface area contributed by atoms with Crippen LogP contribution in [0.2, 0.25) is 0 Å². The molecule has 2 rings (SSSR count). The van der Waals surface area contributed by atoms with E-state index < -0.39 is 24.6 Å². The molecule has 0 bridgehead atoms. The van der Waals surface area contributed by atoms with Gasteiger partial charge in [-0.05, 0) is 17.7 Å². The van der Waals surface area contributed by atoms with Crippen LogP contribution in [-0.2, 0) is 11.3 Å². The molecule has 7 heteroatoms. The maximum absolute atomic E-state index is 12.7. The van der Waals surface area contributed by atoms with Crippen molar-refractivity contribution in [1.29, 1.82) is 0 Å². The first kappa shape index (κ1) is 16.8. The normalized spacial score (nSPS) is 18.3. The van der Waals surface area contributed by atoms with Gasteiger partial charge in [0.05, 0.1) is 6.61 Å². The second kappa shape index (κ2) is 6.26. The van der Waals surface area contributed by atoms with E-state index in [0.717, 1.165) is 5.56 Å². The van der Waals surface area contributed by atoms with Gasteiger partial charge in [-0.15, -0.1) is 0 Å². The molecule has 0 radical (unpaired) electrons. The van der Waals surface area contributed by atoms with Gasteiger partial charge in [-0.25, -0.2) is 0 Å². The van der Waals surface area contributed by atoms with Crippen LogP contribution in [0.1, 0.15) is 28.8 Å². The van der Waals surface area contributed by atoms with Crippen molar-refractivity contribution in [2.45, 2.75) is 31.2 Å². The number of nitrogens with zero attached hydrogens (tertiary/aromatic N) is 1. The number of ether oxygens (including phenoxy) is 1. The van der Waals surface area contributed by atoms with E-state index in [0.29, 0.717) is 12.2 Å². The predicted octanol–water partition coefficient (Wildman–Crippen LogP) is 2.36. The summed E-state index contributed by atoms with van der Waals surface area (Å²) in [5.74, 6) is -0.331. The Hall–Kier alpha value is -1.60. The standard InChI is InChI=1S/C15H18F3NO3/c1-22-10-11-3-2-4-12(9-11)13(20)19-7-5-14(21,6-8-19)15(16,17)18/h2-4,9,21H,5-8,10H2,1H3. The number of amides is 1. The lowest BCUT2D eigenvalue weighted by atomic mass is 9.90. The Morgan fingerprint density at radius 1 is 1.36 bits per heavy atom. The van der Waals surface area contributed by atoms with Crippen molar-refractivity contribution < 1.29 is 27.8 Å². The van der Waals surface area contributed by atoms with Crippen LogP contribution in [0.4, 0.5) is 13.2 Å². The summed E-state index contributed by atoms with van der Waals surface area (Å²) in [5, 5.41) is 9.61. The first-order chi connectivity index (χ1) is 10.3. The fourth-order valence-electron chi connectivity index (χ4n) is 2.51. The maximum atomic E-state index is 12.7. The largest absolute Gasteiger partial charge is 0.417 e. The quantitative estimate of drug-likeness (QED) is 0.931. The average Bonchev–Trinajstić information content (AvgIpc) is 2.47. The summed E-state index contributed by atoms with van der Waals surface area (Å²) in [6.45, 7) is 0.113. The lowest BCUT2D eigenvalue weighted by Crippen LogP contribution is -2.54. The van der Waals surface area contributed by atoms with Crippen molar-refractivity contribution in [2.24, 2.45) is 0 Å². The Morgan fingerprint density at radius 2 is 2.00 bits per heavy atom. The highest BCUT2D eigenvalue weighted by Gasteiger charge is 2.54. The van der Waals surface area contributed by atoms with E-state index in [4.69, 9.17) is 4.74 Å². The van der Waals surface area contributed by atoms with Gasteiger partial charge in [-0.1, -0.05) is 12.1 Å². The zero-order chi connectivity index (χ0) is 16.4. The van der Waals surface area contributed by atoms with Gasteiger partial charge in [0.2, 0.25) is 0 Å². The number of aliphatic hydroxyl groups is 1. The fourth-order valence-corrected chi connectivity index (χ4v) is 2.51. The SMILES string of the molecule is COCc1cccc(C(=O)N2CCC(O)(C(F)(F)F)CC2)c1. The highest BCUT2D eigenvalue weighted by atomic mass is 19.4. The first-order valence-corrected chi connectivity index (χ1v) is 6.93. The highest BCUT2D eigenvalue weighted by Crippen LogP contribution is 2.38. The van der Waals surface area contributed by atoms with Crippen molar-refractivity contribution in [3.63, 3.8) is 0 Å². The summed E-state index contributed by atoms with van der Waals surface area (Å²) in [4.78, 5) is 13.7. The van der Waals surface area contributed by atoms with E-state index in [1.165, 1.54) is 12.0 Å². The van der Waals surface area contributed by atoms with Crippen molar-refractivity contribution in [3.8, 4) is 0 Å². The summed E-state index contributed by atoms with van der Waals surface area (Å²) in [5.41, 5.74) is -1.47. The second-order valence-electron chi connectivity index (χ2n) is 5.45. The van der Waals surface area contributed by atoms with Crippen LogP contribution in [-0.4, -0.2) is 47.9 Å². The van der Waals surface area contributed by atoms with Gasteiger partial charge in [0, 0.05) is 38.6 Å². The van der Waals surface area contributed by atoms with Crippen molar-refractivity contribution in [1.82, 2.24) is 4.90 Å². The van der Waals surface area contributed by atoms with Crippen LogP contribution in [0.15, 0.2) is 24.3 Å². The molecule has 1 aliphatic rings. The number of carbonyl (C=O) groups is 1. The number of alkyl halides is 3. The summed E-state index contributed by atoms with van der Waals surface area (Å²) < 4.78 is 43.2. The van der Waals surface area contributed by atoms with Crippen LogP contribution in [0.3, 0.4) is 0 Å². The molecule has 122 valence electrons. The van der Waals surface area contributed by atoms with Gasteiger partial charge in [-0.3, -0.25) is 4.79 Å². The van der Waals surface area contributed by atoms with Crippen LogP contribution < -0.4 is 0 Å². The molecule has 1 aromatic carbocycles. The molecule has 0 unspecified atom stereocenters. The number of carbonyl (C=O) groups excluding carboxylic acids is 1. The number of piperidine rings is 1. The zero-order valence-corrected chi connectivity index (χ0v) is 12.2. The molecule has 0 spiro atoms. The Bertz CT molecular complexity index is 537. The predicted molar refractivity (Wildman–Crippen MR) is 73.3 cm³/mol. The lowest BCUT2D eigenvalue weighted by molar-refractivity contribution is -0.271. The molecule has 1 saturated heterocycles. The molecule has 4 nitrogen and oxygen atoms in total. The first-order valence-electron chi connectivity index (χ1n) is 6.93. The average molecular weight is 317 g/mol. The van der Waals surface area contributed by atoms with Crippen molar-refractivity contribution >= 4 is 5.91 Å². The summed E-state index contributed by atoms with van der Waals surface area (Å²) in [7, 11) is 1.54. The number of likely N-dealkylation sites (tertiary alicyclic amines) is 1. The number of hydrogen-bond donors (Lipinski definition) is 1. The van der Waals surface area contributed by atoms with Crippen LogP contribution >= 0.6 is 0 Å². The number of rotatable bonds is 3. The lowest BCUT2D eigenvalue weighted by Gasteiger charge is -2.39. The van der Waals surface area contributed by atoms with Crippen molar-refractivity contribution in [2.75, 3.05) is 20.2 Å². The summed E-state index contributed by atoms with van der Waals surface area (Å²) in [6.07, 6.45) is -5.67. The molecular weight excluding hydrogens is 299 g/mol. The van der Waals surface area contributed by atoms with Gasteiger partial charge in [0.1, 0.15) is 0 Å². The van der Waals surface area contributed by atoms with Crippen LogP contribution in [0.5, 0.6) is 0 Å². The van der Waals surface area contributed by atoms with Crippen LogP contribution in [0, 0.1) is 0 Å². The molecule has 1 fully saturated rings. The topological polar surface area (TPSA) is 49.8 Å². The fraction of sp³-hybridized carbons (Fsp3) is 0.533. The molecule has 0 saturated carbocycles. The third-order valence-corrected chi connectivity index (χ3v) is 3.89. The van der Waals surface area contributed by atoms with Gasteiger partial charge < -0.3 is 14.7 Å². The highest BCUT2D eigenvalue weighted by molar-refractivity contribution is 5.94. The maximum Gasteiger partial charge on any atom is 0.417 e. The molecule has 0 aromatic heterocycles. The Balaban J connectivity index is 2.05. The molecule has 22 heavy (non-hydrogen) atoms. The molecule has 1 amide bonds. The molecule has 1 aliphatic heterocycles. The van der Waals surface area contributed by atoms with Gasteiger partial charge in [-0.2, -0.15) is 13.2 Å². The Kier molecular flexibility index (Phi) is 4.77. The summed E-state index contributed by atoms with van der Waals surface area (Å²) >= 11 is 0. The minimum Gasteiger partial charge on any atom is -0.380 e. The smallest absolute Gasteiger partial charge is 0.380 e. The van der Waals surface area contributed by atoms with E-state index in [1.807, 2.05) is 0 Å². The Labute approximate surface area is 126 Å². The molecule has 1 aromatic rings. The van der Waals surface area contributed by atoms with Gasteiger partial charge in [0.25, 0.3) is 5.91 Å². The number of benzene rings is 1.